The summed E-state index contributed by atoms with van der Waals surface area (Å²) in [5, 5.41) is 5.59. The van der Waals surface area contributed by atoms with E-state index in [1.165, 1.54) is 6.33 Å². The fourth-order valence-corrected chi connectivity index (χ4v) is 3.46. The second-order valence-electron chi connectivity index (χ2n) is 5.20. The van der Waals surface area contributed by atoms with Crippen molar-refractivity contribution in [1.82, 2.24) is 15.1 Å². The summed E-state index contributed by atoms with van der Waals surface area (Å²) in [6.07, 6.45) is 1.50. The first-order valence-corrected chi connectivity index (χ1v) is 8.44. The van der Waals surface area contributed by atoms with Gasteiger partial charge in [-0.25, -0.2) is 9.97 Å². The Balaban J connectivity index is 1.55. The molecule has 0 atom stereocenters. The van der Waals surface area contributed by atoms with E-state index in [-0.39, 0.29) is 6.61 Å². The highest BCUT2D eigenvalue weighted by molar-refractivity contribution is 7.18. The minimum absolute atomic E-state index is 0.235. The molecule has 0 N–H and O–H groups in total. The van der Waals surface area contributed by atoms with Crippen molar-refractivity contribution in [2.45, 2.75) is 13.5 Å². The molecule has 7 heteroatoms. The third-order valence-electron chi connectivity index (χ3n) is 3.48. The van der Waals surface area contributed by atoms with Gasteiger partial charge in [-0.2, -0.15) is 0 Å². The lowest BCUT2D eigenvalue weighted by Crippen LogP contribution is -1.96. The van der Waals surface area contributed by atoms with E-state index >= 15 is 0 Å². The van der Waals surface area contributed by atoms with Gasteiger partial charge >= 0.3 is 0 Å². The number of nitrogens with zero attached hydrogens (tertiary/aromatic N) is 3. The summed E-state index contributed by atoms with van der Waals surface area (Å²) in [5.41, 5.74) is 1.51. The zero-order valence-corrected chi connectivity index (χ0v) is 14.3. The smallest absolute Gasteiger partial charge is 0.225 e. The van der Waals surface area contributed by atoms with E-state index in [1.807, 2.05) is 43.3 Å². The Morgan fingerprint density at radius 2 is 2.08 bits per heavy atom. The Kier molecular flexibility index (Phi) is 3.92. The van der Waals surface area contributed by atoms with Crippen LogP contribution in [0.4, 0.5) is 0 Å². The summed E-state index contributed by atoms with van der Waals surface area (Å²) in [6, 6.07) is 11.3. The van der Waals surface area contributed by atoms with Gasteiger partial charge in [-0.15, -0.1) is 11.3 Å². The van der Waals surface area contributed by atoms with E-state index in [0.29, 0.717) is 22.4 Å². The zero-order valence-electron chi connectivity index (χ0n) is 12.7. The van der Waals surface area contributed by atoms with E-state index in [1.54, 1.807) is 11.3 Å². The largest absolute Gasteiger partial charge is 0.469 e. The number of aromatic nitrogens is 3. The van der Waals surface area contributed by atoms with Crippen molar-refractivity contribution < 1.29 is 9.26 Å². The number of fused-ring (bicyclic) bond motifs is 1. The SMILES string of the molecule is Cc1cc2c(OCc3cc(-c4ccccc4Cl)no3)ncnc2s1. The number of aryl methyl sites for hydroxylation is 1. The van der Waals surface area contributed by atoms with Gasteiger partial charge in [0.05, 0.1) is 10.4 Å². The molecule has 120 valence electrons. The molecule has 0 saturated heterocycles. The number of halogens is 1. The number of benzene rings is 1. The van der Waals surface area contributed by atoms with E-state index in [0.717, 1.165) is 20.7 Å². The number of hydrogen-bond acceptors (Lipinski definition) is 6. The lowest BCUT2D eigenvalue weighted by molar-refractivity contribution is 0.244. The molecule has 24 heavy (non-hydrogen) atoms. The van der Waals surface area contributed by atoms with Crippen LogP contribution in [0.3, 0.4) is 0 Å². The van der Waals surface area contributed by atoms with E-state index < -0.39 is 0 Å². The normalized spacial score (nSPS) is 11.1. The summed E-state index contributed by atoms with van der Waals surface area (Å²) >= 11 is 7.79. The van der Waals surface area contributed by atoms with Crippen LogP contribution in [0.2, 0.25) is 5.02 Å². The maximum absolute atomic E-state index is 6.18. The van der Waals surface area contributed by atoms with Gasteiger partial charge in [-0.3, -0.25) is 0 Å². The Morgan fingerprint density at radius 1 is 1.21 bits per heavy atom. The molecule has 3 heterocycles. The summed E-state index contributed by atoms with van der Waals surface area (Å²) in [5.74, 6) is 1.14. The van der Waals surface area contributed by atoms with Crippen LogP contribution in [0.1, 0.15) is 10.6 Å². The summed E-state index contributed by atoms with van der Waals surface area (Å²) < 4.78 is 11.1. The minimum Gasteiger partial charge on any atom is -0.469 e. The van der Waals surface area contributed by atoms with Gasteiger partial charge in [-0.1, -0.05) is 35.0 Å². The van der Waals surface area contributed by atoms with E-state index in [2.05, 4.69) is 15.1 Å². The predicted octanol–water partition coefficient (Wildman–Crippen LogP) is 4.89. The summed E-state index contributed by atoms with van der Waals surface area (Å²) in [6.45, 7) is 2.26. The average molecular weight is 358 g/mol. The topological polar surface area (TPSA) is 61.0 Å². The highest BCUT2D eigenvalue weighted by atomic mass is 35.5. The molecule has 0 fully saturated rings. The molecule has 3 aromatic heterocycles. The third-order valence-corrected chi connectivity index (χ3v) is 4.76. The second-order valence-corrected chi connectivity index (χ2v) is 6.84. The monoisotopic (exact) mass is 357 g/mol. The molecule has 0 bridgehead atoms. The van der Waals surface area contributed by atoms with Crippen LogP contribution in [0.15, 0.2) is 47.2 Å². The fourth-order valence-electron chi connectivity index (χ4n) is 2.39. The predicted molar refractivity (Wildman–Crippen MR) is 93.4 cm³/mol. The van der Waals surface area contributed by atoms with Crippen molar-refractivity contribution in [3.05, 3.63) is 58.4 Å². The standard InChI is InChI=1S/C17H12ClN3O2S/c1-10-6-13-16(19-9-20-17(13)24-10)22-8-11-7-15(21-23-11)12-4-2-3-5-14(12)18/h2-7,9H,8H2,1H3. The molecule has 0 spiro atoms. The molecule has 0 saturated carbocycles. The maximum Gasteiger partial charge on any atom is 0.225 e. The van der Waals surface area contributed by atoms with Crippen LogP contribution in [-0.4, -0.2) is 15.1 Å². The molecule has 1 aromatic carbocycles. The molecule has 0 aliphatic carbocycles. The highest BCUT2D eigenvalue weighted by Crippen LogP contribution is 2.30. The number of hydrogen-bond donors (Lipinski definition) is 0. The summed E-state index contributed by atoms with van der Waals surface area (Å²) in [4.78, 5) is 10.5. The maximum atomic E-state index is 6.18. The van der Waals surface area contributed by atoms with Crippen molar-refractivity contribution in [3.8, 4) is 17.1 Å². The van der Waals surface area contributed by atoms with Gasteiger partial charge < -0.3 is 9.26 Å². The van der Waals surface area contributed by atoms with Gasteiger partial charge in [-0.05, 0) is 19.1 Å². The van der Waals surface area contributed by atoms with Crippen molar-refractivity contribution >= 4 is 33.2 Å². The number of rotatable bonds is 4. The van der Waals surface area contributed by atoms with Crippen LogP contribution in [0.5, 0.6) is 5.88 Å². The van der Waals surface area contributed by atoms with Crippen molar-refractivity contribution in [1.29, 1.82) is 0 Å². The summed E-state index contributed by atoms with van der Waals surface area (Å²) in [7, 11) is 0. The zero-order chi connectivity index (χ0) is 16.5. The van der Waals surface area contributed by atoms with E-state index in [9.17, 15) is 0 Å². The fraction of sp³-hybridized carbons (Fsp3) is 0.118. The first-order chi connectivity index (χ1) is 11.7. The van der Waals surface area contributed by atoms with Crippen LogP contribution < -0.4 is 4.74 Å². The van der Waals surface area contributed by atoms with Crippen molar-refractivity contribution in [2.75, 3.05) is 0 Å². The average Bonchev–Trinajstić information content (AvgIpc) is 3.19. The highest BCUT2D eigenvalue weighted by Gasteiger charge is 2.12. The van der Waals surface area contributed by atoms with Crippen LogP contribution in [0, 0.1) is 6.92 Å². The van der Waals surface area contributed by atoms with Crippen molar-refractivity contribution in [2.24, 2.45) is 0 Å². The molecule has 4 aromatic rings. The Labute approximate surface area is 146 Å². The molecule has 5 nitrogen and oxygen atoms in total. The van der Waals surface area contributed by atoms with Crippen LogP contribution in [-0.2, 0) is 6.61 Å². The molecule has 0 unspecified atom stereocenters. The van der Waals surface area contributed by atoms with Crippen LogP contribution in [0.25, 0.3) is 21.5 Å². The number of thiophene rings is 1. The van der Waals surface area contributed by atoms with Gasteiger partial charge in [0.25, 0.3) is 0 Å². The molecular weight excluding hydrogens is 346 g/mol. The first kappa shape index (κ1) is 15.1. The molecule has 0 aliphatic rings. The second kappa shape index (κ2) is 6.22. The van der Waals surface area contributed by atoms with Crippen LogP contribution >= 0.6 is 22.9 Å². The quantitative estimate of drug-likeness (QED) is 0.520. The van der Waals surface area contributed by atoms with E-state index in [4.69, 9.17) is 20.9 Å². The minimum atomic E-state index is 0.235. The Hall–Kier alpha value is -2.44. The van der Waals surface area contributed by atoms with Gasteiger partial charge in [0, 0.05) is 16.5 Å². The Morgan fingerprint density at radius 3 is 2.96 bits per heavy atom. The molecule has 4 rings (SSSR count). The lowest BCUT2D eigenvalue weighted by atomic mass is 10.1. The van der Waals surface area contributed by atoms with Crippen molar-refractivity contribution in [3.63, 3.8) is 0 Å². The lowest BCUT2D eigenvalue weighted by Gasteiger charge is -2.02. The van der Waals surface area contributed by atoms with Gasteiger partial charge in [0.1, 0.15) is 16.9 Å². The Bertz CT molecular complexity index is 1010. The van der Waals surface area contributed by atoms with Gasteiger partial charge in [0.2, 0.25) is 5.88 Å². The molecule has 0 radical (unpaired) electrons. The molecular formula is C17H12ClN3O2S. The molecule has 0 amide bonds. The third kappa shape index (κ3) is 2.86. The molecule has 0 aliphatic heterocycles. The first-order valence-electron chi connectivity index (χ1n) is 7.25. The number of ether oxygens (including phenoxy) is 1. The van der Waals surface area contributed by atoms with Gasteiger partial charge in [0.15, 0.2) is 12.4 Å².